The summed E-state index contributed by atoms with van der Waals surface area (Å²) in [5.41, 5.74) is 5.58. The Morgan fingerprint density at radius 2 is 1.05 bits per heavy atom. The van der Waals surface area contributed by atoms with Gasteiger partial charge in [-0.05, 0) is 23.0 Å². The van der Waals surface area contributed by atoms with Gasteiger partial charge in [0.05, 0.1) is 21.2 Å². The van der Waals surface area contributed by atoms with Crippen LogP contribution in [0.3, 0.4) is 0 Å². The third-order valence-corrected chi connectivity index (χ3v) is 6.97. The Labute approximate surface area is 245 Å². The van der Waals surface area contributed by atoms with Crippen molar-refractivity contribution >= 4 is 22.7 Å². The van der Waals surface area contributed by atoms with Crippen LogP contribution in [-0.4, -0.2) is 42.5 Å². The first-order chi connectivity index (χ1) is 19.6. The third-order valence-electron chi connectivity index (χ3n) is 6.97. The summed E-state index contributed by atoms with van der Waals surface area (Å²) < 4.78 is 3.44. The lowest BCUT2D eigenvalue weighted by Crippen LogP contribution is -2.16. The lowest BCUT2D eigenvalue weighted by molar-refractivity contribution is -0.385. The van der Waals surface area contributed by atoms with Crippen LogP contribution < -0.4 is 10.6 Å². The van der Waals surface area contributed by atoms with Gasteiger partial charge >= 0.3 is 0 Å². The van der Waals surface area contributed by atoms with Gasteiger partial charge in [-0.2, -0.15) is 10.2 Å². The van der Waals surface area contributed by atoms with Gasteiger partial charge in [0.1, 0.15) is 0 Å². The number of hydrogen-bond acceptors (Lipinski definition) is 8. The molecule has 12 nitrogen and oxygen atoms in total. The van der Waals surface area contributed by atoms with Crippen LogP contribution in [0.25, 0.3) is 22.5 Å². The van der Waals surface area contributed by atoms with E-state index >= 15 is 0 Å². The van der Waals surface area contributed by atoms with E-state index in [-0.39, 0.29) is 22.2 Å². The minimum Gasteiger partial charge on any atom is -0.383 e. The predicted octanol–water partition coefficient (Wildman–Crippen LogP) is 6.42. The van der Waals surface area contributed by atoms with Crippen LogP contribution >= 0.6 is 0 Å². The molecular formula is C30H38N8O4. The number of nitrogens with zero attached hydrogens (tertiary/aromatic N) is 6. The second-order valence-electron chi connectivity index (χ2n) is 12.5. The number of aromatic nitrogens is 4. The van der Waals surface area contributed by atoms with Crippen LogP contribution in [0.4, 0.5) is 22.7 Å². The number of benzene rings is 2. The SMILES string of the molecule is Cn1cc(C(C)(C)C)c(-c2cc([N+](=O)[O-])ccc2NCCNc2ccc([N+](=O)[O-])cc2-c2nn(C)cc2C(C)(C)C)n1. The van der Waals surface area contributed by atoms with Crippen molar-refractivity contribution in [1.29, 1.82) is 0 Å². The predicted molar refractivity (Wildman–Crippen MR) is 165 cm³/mol. The number of nitrogens with one attached hydrogen (secondary N) is 2. The zero-order valence-corrected chi connectivity index (χ0v) is 25.3. The topological polar surface area (TPSA) is 146 Å². The first kappa shape index (κ1) is 30.2. The fraction of sp³-hybridized carbons (Fsp3) is 0.400. The molecule has 0 fully saturated rings. The number of aryl methyl sites for hydroxylation is 2. The van der Waals surface area contributed by atoms with Crippen molar-refractivity contribution in [2.75, 3.05) is 23.7 Å². The molecule has 42 heavy (non-hydrogen) atoms. The Bertz CT molecular complexity index is 1520. The van der Waals surface area contributed by atoms with E-state index in [1.54, 1.807) is 33.6 Å². The number of rotatable bonds is 9. The molecular weight excluding hydrogens is 536 g/mol. The first-order valence-electron chi connectivity index (χ1n) is 13.7. The van der Waals surface area contributed by atoms with E-state index in [2.05, 4.69) is 62.4 Å². The zero-order chi connectivity index (χ0) is 31.0. The fourth-order valence-electron chi connectivity index (χ4n) is 4.86. The summed E-state index contributed by atoms with van der Waals surface area (Å²) in [4.78, 5) is 22.4. The van der Waals surface area contributed by atoms with Crippen molar-refractivity contribution in [3.05, 3.63) is 80.1 Å². The summed E-state index contributed by atoms with van der Waals surface area (Å²) in [5.74, 6) is 0. The van der Waals surface area contributed by atoms with E-state index < -0.39 is 9.85 Å². The normalized spacial score (nSPS) is 11.9. The number of nitro benzene ring substituents is 2. The molecule has 0 saturated carbocycles. The van der Waals surface area contributed by atoms with Crippen molar-refractivity contribution in [1.82, 2.24) is 19.6 Å². The Morgan fingerprint density at radius 1 is 0.690 bits per heavy atom. The van der Waals surface area contributed by atoms with Crippen molar-refractivity contribution in [3.8, 4) is 22.5 Å². The molecule has 2 N–H and O–H groups in total. The molecule has 4 rings (SSSR count). The van der Waals surface area contributed by atoms with E-state index in [9.17, 15) is 20.2 Å². The van der Waals surface area contributed by atoms with E-state index in [0.29, 0.717) is 35.6 Å². The molecule has 2 aromatic carbocycles. The van der Waals surface area contributed by atoms with E-state index in [0.717, 1.165) is 22.5 Å². The molecule has 0 aliphatic rings. The Kier molecular flexibility index (Phi) is 8.11. The molecule has 0 atom stereocenters. The summed E-state index contributed by atoms with van der Waals surface area (Å²) in [7, 11) is 3.67. The number of non-ortho nitro benzene ring substituents is 2. The highest BCUT2D eigenvalue weighted by atomic mass is 16.6. The van der Waals surface area contributed by atoms with E-state index in [1.165, 1.54) is 12.1 Å². The van der Waals surface area contributed by atoms with Gasteiger partial charge in [0.25, 0.3) is 11.4 Å². The molecule has 4 aromatic rings. The minimum absolute atomic E-state index is 0.0141. The largest absolute Gasteiger partial charge is 0.383 e. The van der Waals surface area contributed by atoms with Crippen LogP contribution in [0, 0.1) is 20.2 Å². The highest BCUT2D eigenvalue weighted by Gasteiger charge is 2.26. The lowest BCUT2D eigenvalue weighted by atomic mass is 9.85. The average molecular weight is 575 g/mol. The van der Waals surface area contributed by atoms with Gasteiger partial charge in [-0.15, -0.1) is 0 Å². The van der Waals surface area contributed by atoms with E-state index in [4.69, 9.17) is 0 Å². The second-order valence-corrected chi connectivity index (χ2v) is 12.5. The zero-order valence-electron chi connectivity index (χ0n) is 25.3. The van der Waals surface area contributed by atoms with Gasteiger partial charge in [0, 0.05) is 97.5 Å². The molecule has 2 heterocycles. The molecule has 12 heteroatoms. The summed E-state index contributed by atoms with van der Waals surface area (Å²) in [6.45, 7) is 13.4. The smallest absolute Gasteiger partial charge is 0.270 e. The van der Waals surface area contributed by atoms with Crippen LogP contribution in [-0.2, 0) is 24.9 Å². The first-order valence-corrected chi connectivity index (χ1v) is 13.7. The number of hydrogen-bond donors (Lipinski definition) is 2. The van der Waals surface area contributed by atoms with Gasteiger partial charge in [-0.25, -0.2) is 0 Å². The van der Waals surface area contributed by atoms with Crippen LogP contribution in [0.2, 0.25) is 0 Å². The fourth-order valence-corrected chi connectivity index (χ4v) is 4.86. The lowest BCUT2D eigenvalue weighted by Gasteiger charge is -2.20. The highest BCUT2D eigenvalue weighted by molar-refractivity contribution is 5.81. The number of anilines is 2. The molecule has 2 aromatic heterocycles. The summed E-state index contributed by atoms with van der Waals surface area (Å²) in [6.07, 6.45) is 3.89. The Hall–Kier alpha value is -4.74. The minimum atomic E-state index is -0.409. The molecule has 0 aliphatic carbocycles. The summed E-state index contributed by atoms with van der Waals surface area (Å²) in [6, 6.07) is 9.46. The summed E-state index contributed by atoms with van der Waals surface area (Å²) in [5, 5.41) is 39.3. The summed E-state index contributed by atoms with van der Waals surface area (Å²) >= 11 is 0. The van der Waals surface area contributed by atoms with Crippen molar-refractivity contribution in [3.63, 3.8) is 0 Å². The van der Waals surface area contributed by atoms with Crippen molar-refractivity contribution in [2.45, 2.75) is 52.4 Å². The average Bonchev–Trinajstić information content (AvgIpc) is 3.49. The quantitative estimate of drug-likeness (QED) is 0.132. The molecule has 0 spiro atoms. The highest BCUT2D eigenvalue weighted by Crippen LogP contribution is 2.39. The van der Waals surface area contributed by atoms with Gasteiger partial charge in [0.15, 0.2) is 0 Å². The molecule has 0 unspecified atom stereocenters. The van der Waals surface area contributed by atoms with Crippen LogP contribution in [0.1, 0.15) is 52.7 Å². The maximum Gasteiger partial charge on any atom is 0.270 e. The maximum absolute atomic E-state index is 11.6. The molecule has 0 radical (unpaired) electrons. The molecule has 222 valence electrons. The maximum atomic E-state index is 11.6. The molecule has 0 aliphatic heterocycles. The van der Waals surface area contributed by atoms with Gasteiger partial charge < -0.3 is 10.6 Å². The van der Waals surface area contributed by atoms with Crippen molar-refractivity contribution in [2.24, 2.45) is 14.1 Å². The van der Waals surface area contributed by atoms with Gasteiger partial charge in [-0.3, -0.25) is 29.6 Å². The molecule has 0 amide bonds. The van der Waals surface area contributed by atoms with Gasteiger partial charge in [-0.1, -0.05) is 41.5 Å². The van der Waals surface area contributed by atoms with Crippen molar-refractivity contribution < 1.29 is 9.85 Å². The van der Waals surface area contributed by atoms with E-state index in [1.807, 2.05) is 26.5 Å². The standard InChI is InChI=1S/C30H38N8O4/c1-29(2,3)23-17-35(7)33-27(23)21-15-19(37(39)40)9-11-25(21)31-13-14-32-26-12-10-20(38(41)42)16-22(26)28-24(30(4,5)6)18-36(8)34-28/h9-12,15-18,31-32H,13-14H2,1-8H3. The number of nitro groups is 2. The Balaban J connectivity index is 1.63. The second kappa shape index (κ2) is 11.3. The van der Waals surface area contributed by atoms with Crippen LogP contribution in [0.5, 0.6) is 0 Å². The molecule has 0 saturated heterocycles. The third kappa shape index (κ3) is 6.42. The van der Waals surface area contributed by atoms with Crippen LogP contribution in [0.15, 0.2) is 48.8 Å². The van der Waals surface area contributed by atoms with Gasteiger partial charge in [0.2, 0.25) is 0 Å². The Morgan fingerprint density at radius 3 is 1.36 bits per heavy atom. The molecule has 0 bridgehead atoms. The monoisotopic (exact) mass is 574 g/mol.